The topological polar surface area (TPSA) is 77.2 Å². The number of nitrogens with zero attached hydrogens (tertiary/aromatic N) is 1. The monoisotopic (exact) mass is 333 g/mol. The van der Waals surface area contributed by atoms with E-state index >= 15 is 0 Å². The summed E-state index contributed by atoms with van der Waals surface area (Å²) in [6.45, 7) is 2.32. The number of ether oxygens (including phenoxy) is 1. The van der Waals surface area contributed by atoms with Gasteiger partial charge in [0.05, 0.1) is 10.7 Å². The molecule has 5 nitrogen and oxygen atoms in total. The summed E-state index contributed by atoms with van der Waals surface area (Å²) in [6, 6.07) is 8.81. The average Bonchev–Trinajstić information content (AvgIpc) is 2.55. The molecule has 2 aromatic rings. The van der Waals surface area contributed by atoms with Crippen molar-refractivity contribution < 1.29 is 9.53 Å². The standard InChI is InChI=1S/C17H20ClN3O2/c1-23-8-2-7-20-10-12-9-15(18)16(21-11-12)13-3-5-14(6-4-13)17(19)22/h3-6,9,11,20H,2,7-8,10H2,1H3,(H2,19,22). The van der Waals surface area contributed by atoms with E-state index in [2.05, 4.69) is 10.3 Å². The number of carbonyl (C=O) groups is 1. The quantitative estimate of drug-likeness (QED) is 0.728. The zero-order chi connectivity index (χ0) is 16.7. The molecular formula is C17H20ClN3O2. The number of halogens is 1. The minimum Gasteiger partial charge on any atom is -0.385 e. The minimum atomic E-state index is -0.453. The summed E-state index contributed by atoms with van der Waals surface area (Å²) in [5.41, 5.74) is 8.24. The molecule has 0 aliphatic heterocycles. The Hall–Kier alpha value is -1.95. The summed E-state index contributed by atoms with van der Waals surface area (Å²) < 4.78 is 5.00. The first kappa shape index (κ1) is 17.4. The van der Waals surface area contributed by atoms with Crippen molar-refractivity contribution in [2.75, 3.05) is 20.3 Å². The Morgan fingerprint density at radius 2 is 2.09 bits per heavy atom. The van der Waals surface area contributed by atoms with Gasteiger partial charge in [-0.25, -0.2) is 0 Å². The van der Waals surface area contributed by atoms with Crippen molar-refractivity contribution in [2.24, 2.45) is 5.73 Å². The normalized spacial score (nSPS) is 10.7. The molecule has 0 atom stereocenters. The maximum atomic E-state index is 11.1. The van der Waals surface area contributed by atoms with Crippen molar-refractivity contribution in [3.63, 3.8) is 0 Å². The van der Waals surface area contributed by atoms with E-state index in [4.69, 9.17) is 22.1 Å². The van der Waals surface area contributed by atoms with Gasteiger partial charge in [-0.15, -0.1) is 0 Å². The molecule has 3 N–H and O–H groups in total. The van der Waals surface area contributed by atoms with Crippen molar-refractivity contribution in [3.05, 3.63) is 52.7 Å². The van der Waals surface area contributed by atoms with Gasteiger partial charge in [-0.3, -0.25) is 9.78 Å². The number of nitrogens with two attached hydrogens (primary N) is 1. The minimum absolute atomic E-state index is 0.453. The Morgan fingerprint density at radius 3 is 2.70 bits per heavy atom. The van der Waals surface area contributed by atoms with E-state index in [0.29, 0.717) is 22.8 Å². The molecule has 0 fully saturated rings. The van der Waals surface area contributed by atoms with Crippen LogP contribution in [-0.2, 0) is 11.3 Å². The second-order valence-corrected chi connectivity index (χ2v) is 5.55. The van der Waals surface area contributed by atoms with Crippen LogP contribution in [0.25, 0.3) is 11.3 Å². The van der Waals surface area contributed by atoms with Crippen LogP contribution in [0, 0.1) is 0 Å². The highest BCUT2D eigenvalue weighted by Crippen LogP contribution is 2.26. The zero-order valence-corrected chi connectivity index (χ0v) is 13.8. The number of pyridine rings is 1. The van der Waals surface area contributed by atoms with Crippen LogP contribution in [0.3, 0.4) is 0 Å². The summed E-state index contributed by atoms with van der Waals surface area (Å²) in [6.07, 6.45) is 2.76. The highest BCUT2D eigenvalue weighted by molar-refractivity contribution is 6.33. The second-order valence-electron chi connectivity index (χ2n) is 5.14. The predicted molar refractivity (Wildman–Crippen MR) is 91.4 cm³/mol. The van der Waals surface area contributed by atoms with Crippen molar-refractivity contribution in [3.8, 4) is 11.3 Å². The first-order chi connectivity index (χ1) is 11.1. The molecule has 1 aromatic heterocycles. The Labute approximate surface area is 140 Å². The van der Waals surface area contributed by atoms with E-state index < -0.39 is 5.91 Å². The number of primary amides is 1. The average molecular weight is 334 g/mol. The molecule has 0 spiro atoms. The maximum Gasteiger partial charge on any atom is 0.248 e. The number of aromatic nitrogens is 1. The Kier molecular flexibility index (Phi) is 6.52. The molecule has 0 saturated heterocycles. The SMILES string of the molecule is COCCCNCc1cnc(-c2ccc(C(N)=O)cc2)c(Cl)c1. The van der Waals surface area contributed by atoms with Gasteiger partial charge in [0.25, 0.3) is 0 Å². The maximum absolute atomic E-state index is 11.1. The van der Waals surface area contributed by atoms with Gasteiger partial charge >= 0.3 is 0 Å². The lowest BCUT2D eigenvalue weighted by Crippen LogP contribution is -2.16. The van der Waals surface area contributed by atoms with Crippen LogP contribution in [0.4, 0.5) is 0 Å². The third-order valence-corrected chi connectivity index (χ3v) is 3.66. The van der Waals surface area contributed by atoms with Gasteiger partial charge in [0.15, 0.2) is 0 Å². The summed E-state index contributed by atoms with van der Waals surface area (Å²) in [7, 11) is 1.69. The molecular weight excluding hydrogens is 314 g/mol. The number of carbonyl (C=O) groups excluding carboxylic acids is 1. The highest BCUT2D eigenvalue weighted by atomic mass is 35.5. The third kappa shape index (κ3) is 5.03. The number of hydrogen-bond acceptors (Lipinski definition) is 4. The summed E-state index contributed by atoms with van der Waals surface area (Å²) >= 11 is 6.33. The fourth-order valence-electron chi connectivity index (χ4n) is 2.15. The summed E-state index contributed by atoms with van der Waals surface area (Å²) in [5, 5.41) is 3.89. The predicted octanol–water partition coefficient (Wildman–Crippen LogP) is 2.63. The fourth-order valence-corrected chi connectivity index (χ4v) is 2.45. The van der Waals surface area contributed by atoms with E-state index in [1.54, 1.807) is 37.6 Å². The molecule has 2 rings (SSSR count). The number of hydrogen-bond donors (Lipinski definition) is 2. The summed E-state index contributed by atoms with van der Waals surface area (Å²) in [5.74, 6) is -0.453. The van der Waals surface area contributed by atoms with E-state index in [0.717, 1.165) is 30.7 Å². The number of amides is 1. The van der Waals surface area contributed by atoms with Gasteiger partial charge in [0, 0.05) is 37.6 Å². The van der Waals surface area contributed by atoms with Gasteiger partial charge in [-0.05, 0) is 36.7 Å². The van der Waals surface area contributed by atoms with Crippen LogP contribution in [-0.4, -0.2) is 31.2 Å². The molecule has 0 bridgehead atoms. The number of rotatable bonds is 8. The van der Waals surface area contributed by atoms with Gasteiger partial charge in [-0.2, -0.15) is 0 Å². The van der Waals surface area contributed by atoms with E-state index in [-0.39, 0.29) is 0 Å². The number of benzene rings is 1. The molecule has 0 aliphatic rings. The summed E-state index contributed by atoms with van der Waals surface area (Å²) in [4.78, 5) is 15.5. The molecule has 122 valence electrons. The molecule has 23 heavy (non-hydrogen) atoms. The zero-order valence-electron chi connectivity index (χ0n) is 13.0. The molecule has 0 aliphatic carbocycles. The highest BCUT2D eigenvalue weighted by Gasteiger charge is 2.08. The first-order valence-corrected chi connectivity index (χ1v) is 7.74. The fraction of sp³-hybridized carbons (Fsp3) is 0.294. The third-order valence-electron chi connectivity index (χ3n) is 3.37. The molecule has 0 unspecified atom stereocenters. The lowest BCUT2D eigenvalue weighted by molar-refractivity contribution is 0.100. The van der Waals surface area contributed by atoms with Crippen molar-refractivity contribution in [1.82, 2.24) is 10.3 Å². The largest absolute Gasteiger partial charge is 0.385 e. The van der Waals surface area contributed by atoms with E-state index in [9.17, 15) is 4.79 Å². The van der Waals surface area contributed by atoms with Crippen LogP contribution in [0.2, 0.25) is 5.02 Å². The van der Waals surface area contributed by atoms with Gasteiger partial charge in [0.2, 0.25) is 5.91 Å². The van der Waals surface area contributed by atoms with E-state index in [1.165, 1.54) is 0 Å². The van der Waals surface area contributed by atoms with Crippen LogP contribution in [0.1, 0.15) is 22.3 Å². The van der Waals surface area contributed by atoms with Crippen LogP contribution < -0.4 is 11.1 Å². The molecule has 1 amide bonds. The van der Waals surface area contributed by atoms with Crippen LogP contribution in [0.5, 0.6) is 0 Å². The Balaban J connectivity index is 2.02. The van der Waals surface area contributed by atoms with Crippen molar-refractivity contribution >= 4 is 17.5 Å². The van der Waals surface area contributed by atoms with Crippen LogP contribution >= 0.6 is 11.6 Å². The lowest BCUT2D eigenvalue weighted by atomic mass is 10.1. The molecule has 1 heterocycles. The van der Waals surface area contributed by atoms with Gasteiger partial charge < -0.3 is 15.8 Å². The Morgan fingerprint density at radius 1 is 1.35 bits per heavy atom. The Bertz CT molecular complexity index is 659. The van der Waals surface area contributed by atoms with Gasteiger partial charge in [-0.1, -0.05) is 23.7 Å². The number of methoxy groups -OCH3 is 1. The smallest absolute Gasteiger partial charge is 0.248 e. The van der Waals surface area contributed by atoms with E-state index in [1.807, 2.05) is 6.07 Å². The van der Waals surface area contributed by atoms with Crippen molar-refractivity contribution in [2.45, 2.75) is 13.0 Å². The lowest BCUT2D eigenvalue weighted by Gasteiger charge is -2.08. The van der Waals surface area contributed by atoms with Crippen molar-refractivity contribution in [1.29, 1.82) is 0 Å². The van der Waals surface area contributed by atoms with Crippen LogP contribution in [0.15, 0.2) is 36.5 Å². The molecule has 0 saturated carbocycles. The molecule has 6 heteroatoms. The molecule has 0 radical (unpaired) electrons. The first-order valence-electron chi connectivity index (χ1n) is 7.36. The number of nitrogens with one attached hydrogen (secondary N) is 1. The van der Waals surface area contributed by atoms with Gasteiger partial charge in [0.1, 0.15) is 0 Å². The second kappa shape index (κ2) is 8.62. The molecule has 1 aromatic carbocycles.